The van der Waals surface area contributed by atoms with Crippen molar-refractivity contribution < 1.29 is 19.2 Å². The summed E-state index contributed by atoms with van der Waals surface area (Å²) in [6.45, 7) is 4.48. The number of H-pyrrole nitrogens is 1. The van der Waals surface area contributed by atoms with E-state index in [0.29, 0.717) is 25.1 Å². The lowest BCUT2D eigenvalue weighted by atomic mass is 9.95. The molecule has 0 radical (unpaired) electrons. The van der Waals surface area contributed by atoms with Gasteiger partial charge in [-0.1, -0.05) is 32.0 Å². The number of ketones is 1. The maximum atomic E-state index is 13.3. The second kappa shape index (κ2) is 10.8. The van der Waals surface area contributed by atoms with Crippen LogP contribution in [0.15, 0.2) is 30.3 Å². The molecule has 3 N–H and O–H groups in total. The van der Waals surface area contributed by atoms with Crippen LogP contribution in [0.1, 0.15) is 43.6 Å². The third kappa shape index (κ3) is 5.93. The first-order valence-corrected chi connectivity index (χ1v) is 11.8. The van der Waals surface area contributed by atoms with Crippen LogP contribution in [-0.2, 0) is 14.4 Å². The van der Waals surface area contributed by atoms with Gasteiger partial charge in [0.1, 0.15) is 11.7 Å². The molecule has 2 heterocycles. The van der Waals surface area contributed by atoms with Crippen LogP contribution in [0.3, 0.4) is 0 Å². The van der Waals surface area contributed by atoms with Crippen LogP contribution in [0.2, 0.25) is 0 Å². The van der Waals surface area contributed by atoms with E-state index in [-0.39, 0.29) is 41.7 Å². The summed E-state index contributed by atoms with van der Waals surface area (Å²) in [6, 6.07) is 7.65. The van der Waals surface area contributed by atoms with E-state index < -0.39 is 18.0 Å². The van der Waals surface area contributed by atoms with Crippen LogP contribution >= 0.6 is 11.6 Å². The highest BCUT2D eigenvalue weighted by Gasteiger charge is 2.34. The van der Waals surface area contributed by atoms with Gasteiger partial charge < -0.3 is 20.5 Å². The fourth-order valence-corrected chi connectivity index (χ4v) is 4.38. The maximum absolute atomic E-state index is 13.3. The number of nitrogens with one attached hydrogen (secondary N) is 3. The van der Waals surface area contributed by atoms with Gasteiger partial charge in [-0.3, -0.25) is 19.2 Å². The van der Waals surface area contributed by atoms with Gasteiger partial charge in [0.2, 0.25) is 11.8 Å². The maximum Gasteiger partial charge on any atom is 0.270 e. The van der Waals surface area contributed by atoms with E-state index >= 15 is 0 Å². The normalized spacial score (nSPS) is 17.6. The molecular formula is C24H31ClN4O4. The summed E-state index contributed by atoms with van der Waals surface area (Å²) in [5.74, 6) is -1.71. The zero-order valence-electron chi connectivity index (χ0n) is 19.2. The number of likely N-dealkylation sites (N-methyl/N-ethyl adjacent to an activating group) is 1. The second-order valence-electron chi connectivity index (χ2n) is 9.01. The van der Waals surface area contributed by atoms with Crippen molar-refractivity contribution >= 4 is 46.0 Å². The molecule has 1 aliphatic heterocycles. The molecule has 33 heavy (non-hydrogen) atoms. The van der Waals surface area contributed by atoms with E-state index in [0.717, 1.165) is 10.9 Å². The van der Waals surface area contributed by atoms with E-state index in [4.69, 9.17) is 11.6 Å². The van der Waals surface area contributed by atoms with E-state index in [9.17, 15) is 19.2 Å². The summed E-state index contributed by atoms with van der Waals surface area (Å²) in [5, 5.41) is 6.43. The number of carbonyl (C=O) groups is 4. The number of nitrogens with zero attached hydrogens (tertiary/aromatic N) is 1. The number of carbonyl (C=O) groups excluding carboxylic acids is 4. The van der Waals surface area contributed by atoms with Crippen LogP contribution in [-0.4, -0.2) is 64.9 Å². The predicted molar refractivity (Wildman–Crippen MR) is 127 cm³/mol. The molecular weight excluding hydrogens is 444 g/mol. The molecule has 9 heteroatoms. The molecule has 1 aromatic carbocycles. The number of amides is 3. The SMILES string of the molecule is CC(C)C[C@@H](C(=O)N[C@@H](C[C@@H]1CCNC1=O)C(=O)CCl)N(C)C(=O)c1cc2ccccc2[nH]1. The Morgan fingerprint density at radius 2 is 1.97 bits per heavy atom. The molecule has 8 nitrogen and oxygen atoms in total. The second-order valence-corrected chi connectivity index (χ2v) is 9.27. The Balaban J connectivity index is 1.78. The number of aromatic nitrogens is 1. The molecule has 0 aliphatic carbocycles. The molecule has 0 saturated carbocycles. The summed E-state index contributed by atoms with van der Waals surface area (Å²) in [7, 11) is 1.59. The largest absolute Gasteiger partial charge is 0.356 e. The average Bonchev–Trinajstić information content (AvgIpc) is 3.41. The number of Topliss-reactive ketones (excluding diaryl/α,β-unsaturated/α-hetero) is 1. The third-order valence-electron chi connectivity index (χ3n) is 6.07. The van der Waals surface area contributed by atoms with Gasteiger partial charge in [0, 0.05) is 30.4 Å². The molecule has 0 unspecified atom stereocenters. The number of halogens is 1. The summed E-state index contributed by atoms with van der Waals surface area (Å²) in [6.07, 6.45) is 1.21. The smallest absolute Gasteiger partial charge is 0.270 e. The van der Waals surface area contributed by atoms with Gasteiger partial charge in [0.15, 0.2) is 5.78 Å². The zero-order chi connectivity index (χ0) is 24.1. The molecule has 0 spiro atoms. The number of alkyl halides is 1. The van der Waals surface area contributed by atoms with Crippen LogP contribution in [0.4, 0.5) is 0 Å². The van der Waals surface area contributed by atoms with Crippen molar-refractivity contribution in [3.8, 4) is 0 Å². The van der Waals surface area contributed by atoms with Crippen molar-refractivity contribution in [2.24, 2.45) is 11.8 Å². The van der Waals surface area contributed by atoms with Gasteiger partial charge in [0.05, 0.1) is 11.9 Å². The van der Waals surface area contributed by atoms with Gasteiger partial charge in [-0.25, -0.2) is 0 Å². The van der Waals surface area contributed by atoms with E-state index in [1.807, 2.05) is 38.1 Å². The molecule has 1 saturated heterocycles. The third-order valence-corrected chi connectivity index (χ3v) is 6.33. The standard InChI is InChI=1S/C24H31ClN4O4/c1-14(2)10-20(29(3)24(33)19-11-15-6-4-5-7-17(15)27-19)23(32)28-18(21(30)13-25)12-16-8-9-26-22(16)31/h4-7,11,14,16,18,20,27H,8-10,12-13H2,1-3H3,(H,26,31)(H,28,32)/t16-,18-,20-/m0/s1. The van der Waals surface area contributed by atoms with Crippen LogP contribution in [0, 0.1) is 11.8 Å². The highest BCUT2D eigenvalue weighted by Crippen LogP contribution is 2.20. The Kier molecular flexibility index (Phi) is 8.13. The zero-order valence-corrected chi connectivity index (χ0v) is 19.9. The Morgan fingerprint density at radius 3 is 2.58 bits per heavy atom. The van der Waals surface area contributed by atoms with Crippen LogP contribution in [0.25, 0.3) is 10.9 Å². The molecule has 1 aromatic heterocycles. The minimum Gasteiger partial charge on any atom is -0.356 e. The van der Waals surface area contributed by atoms with Gasteiger partial charge >= 0.3 is 0 Å². The summed E-state index contributed by atoms with van der Waals surface area (Å²) in [4.78, 5) is 55.5. The van der Waals surface area contributed by atoms with Crippen molar-refractivity contribution in [3.63, 3.8) is 0 Å². The number of benzene rings is 1. The summed E-state index contributed by atoms with van der Waals surface area (Å²) < 4.78 is 0. The highest BCUT2D eigenvalue weighted by atomic mass is 35.5. The number of para-hydroxylation sites is 1. The monoisotopic (exact) mass is 474 g/mol. The lowest BCUT2D eigenvalue weighted by Gasteiger charge is -2.30. The van der Waals surface area contributed by atoms with E-state index in [2.05, 4.69) is 15.6 Å². The number of hydrogen-bond acceptors (Lipinski definition) is 4. The van der Waals surface area contributed by atoms with Crippen molar-refractivity contribution in [2.75, 3.05) is 19.5 Å². The molecule has 1 fully saturated rings. The number of aromatic amines is 1. The lowest BCUT2D eigenvalue weighted by molar-refractivity contribution is -0.131. The number of rotatable bonds is 10. The first kappa shape index (κ1) is 24.8. The average molecular weight is 475 g/mol. The first-order valence-electron chi connectivity index (χ1n) is 11.2. The molecule has 2 aromatic rings. The van der Waals surface area contributed by atoms with Crippen LogP contribution in [0.5, 0.6) is 0 Å². The Bertz CT molecular complexity index is 1000. The number of hydrogen-bond donors (Lipinski definition) is 3. The van der Waals surface area contributed by atoms with Gasteiger partial charge in [-0.2, -0.15) is 0 Å². The minimum atomic E-state index is -0.880. The first-order chi connectivity index (χ1) is 15.7. The predicted octanol–water partition coefficient (Wildman–Crippen LogP) is 2.47. The van der Waals surface area contributed by atoms with E-state index in [1.165, 1.54) is 4.90 Å². The Morgan fingerprint density at radius 1 is 1.24 bits per heavy atom. The van der Waals surface area contributed by atoms with Gasteiger partial charge in [-0.15, -0.1) is 11.6 Å². The molecule has 0 bridgehead atoms. The minimum absolute atomic E-state index is 0.124. The lowest BCUT2D eigenvalue weighted by Crippen LogP contribution is -2.53. The van der Waals surface area contributed by atoms with E-state index in [1.54, 1.807) is 13.1 Å². The van der Waals surface area contributed by atoms with Crippen molar-refractivity contribution in [1.82, 2.24) is 20.5 Å². The Labute approximate surface area is 198 Å². The molecule has 3 rings (SSSR count). The summed E-state index contributed by atoms with van der Waals surface area (Å²) in [5.41, 5.74) is 1.22. The fourth-order valence-electron chi connectivity index (χ4n) is 4.19. The topological polar surface area (TPSA) is 111 Å². The highest BCUT2D eigenvalue weighted by molar-refractivity contribution is 6.28. The van der Waals surface area contributed by atoms with Crippen LogP contribution < -0.4 is 10.6 Å². The number of fused-ring (bicyclic) bond motifs is 1. The quantitative estimate of drug-likeness (QED) is 0.459. The van der Waals surface area contributed by atoms with Crippen molar-refractivity contribution in [2.45, 2.75) is 45.2 Å². The molecule has 178 valence electrons. The summed E-state index contributed by atoms with van der Waals surface area (Å²) >= 11 is 5.78. The van der Waals surface area contributed by atoms with Gasteiger partial charge in [-0.05, 0) is 37.3 Å². The van der Waals surface area contributed by atoms with Gasteiger partial charge in [0.25, 0.3) is 5.91 Å². The van der Waals surface area contributed by atoms with Crippen molar-refractivity contribution in [1.29, 1.82) is 0 Å². The fraction of sp³-hybridized carbons (Fsp3) is 0.500. The molecule has 3 atom stereocenters. The molecule has 1 aliphatic rings. The Hall–Kier alpha value is -2.87. The molecule has 3 amide bonds. The van der Waals surface area contributed by atoms with Crippen molar-refractivity contribution in [3.05, 3.63) is 36.0 Å².